The fourth-order valence-corrected chi connectivity index (χ4v) is 14.8. The van der Waals surface area contributed by atoms with Gasteiger partial charge < -0.3 is 14.7 Å². The number of anilines is 9. The van der Waals surface area contributed by atoms with E-state index >= 15 is 0 Å². The molecular formula is C75H82BN3. The van der Waals surface area contributed by atoms with Crippen LogP contribution in [0.5, 0.6) is 0 Å². The monoisotopic (exact) mass is 1040 g/mol. The molecule has 79 heavy (non-hydrogen) atoms. The summed E-state index contributed by atoms with van der Waals surface area (Å²) in [5.41, 5.74) is 29.1. The van der Waals surface area contributed by atoms with E-state index in [0.29, 0.717) is 0 Å². The largest absolute Gasteiger partial charge is 0.311 e. The van der Waals surface area contributed by atoms with E-state index in [2.05, 4.69) is 283 Å². The molecule has 3 aliphatic carbocycles. The van der Waals surface area contributed by atoms with Gasteiger partial charge in [0.05, 0.1) is 0 Å². The second-order valence-corrected chi connectivity index (χ2v) is 29.6. The molecule has 0 radical (unpaired) electrons. The van der Waals surface area contributed by atoms with Gasteiger partial charge in [-0.1, -0.05) is 190 Å². The van der Waals surface area contributed by atoms with Crippen molar-refractivity contribution in [1.82, 2.24) is 0 Å². The van der Waals surface area contributed by atoms with Gasteiger partial charge in [-0.25, -0.2) is 0 Å². The molecule has 5 aliphatic rings. The average molecular weight is 1040 g/mol. The molecule has 0 aromatic heterocycles. The van der Waals surface area contributed by atoms with Crippen LogP contribution in [0.25, 0.3) is 11.1 Å². The molecule has 0 N–H and O–H groups in total. The summed E-state index contributed by atoms with van der Waals surface area (Å²) in [4.78, 5) is 7.86. The van der Waals surface area contributed by atoms with Crippen LogP contribution in [0.2, 0.25) is 0 Å². The Labute approximate surface area is 474 Å². The Morgan fingerprint density at radius 1 is 0.367 bits per heavy atom. The maximum Gasteiger partial charge on any atom is 0.252 e. The maximum atomic E-state index is 2.73. The van der Waals surface area contributed by atoms with Crippen molar-refractivity contribution in [3.8, 4) is 11.1 Å². The van der Waals surface area contributed by atoms with E-state index in [9.17, 15) is 0 Å². The fourth-order valence-electron chi connectivity index (χ4n) is 14.8. The first-order valence-electron chi connectivity index (χ1n) is 29.6. The molecule has 2 heterocycles. The van der Waals surface area contributed by atoms with Gasteiger partial charge in [0, 0.05) is 56.6 Å². The highest BCUT2D eigenvalue weighted by Gasteiger charge is 2.48. The summed E-state index contributed by atoms with van der Waals surface area (Å²) in [5.74, 6) is 0. The van der Waals surface area contributed by atoms with E-state index in [1.807, 2.05) is 0 Å². The molecule has 0 saturated heterocycles. The highest BCUT2D eigenvalue weighted by Crippen LogP contribution is 2.56. The molecule has 0 fully saturated rings. The summed E-state index contributed by atoms with van der Waals surface area (Å²) in [7, 11) is 0. The zero-order valence-electron chi connectivity index (χ0n) is 50.3. The van der Waals surface area contributed by atoms with Crippen molar-refractivity contribution < 1.29 is 0 Å². The van der Waals surface area contributed by atoms with E-state index in [4.69, 9.17) is 0 Å². The Morgan fingerprint density at radius 3 is 1.37 bits per heavy atom. The zero-order chi connectivity index (χ0) is 55.7. The first-order valence-corrected chi connectivity index (χ1v) is 29.6. The number of para-hydroxylation sites is 2. The lowest BCUT2D eigenvalue weighted by molar-refractivity contribution is 0.332. The summed E-state index contributed by atoms with van der Waals surface area (Å²) < 4.78 is 0. The lowest BCUT2D eigenvalue weighted by Gasteiger charge is -2.48. The van der Waals surface area contributed by atoms with Crippen LogP contribution >= 0.6 is 0 Å². The molecule has 0 spiro atoms. The molecular weight excluding hydrogens is 954 g/mol. The van der Waals surface area contributed by atoms with Crippen molar-refractivity contribution in [2.24, 2.45) is 0 Å². The topological polar surface area (TPSA) is 9.72 Å². The highest BCUT2D eigenvalue weighted by molar-refractivity contribution is 7.00. The van der Waals surface area contributed by atoms with Crippen LogP contribution in [0.4, 0.5) is 51.2 Å². The summed E-state index contributed by atoms with van der Waals surface area (Å²) in [6, 6.07) is 62.2. The fraction of sp³-hybridized carbons (Fsp3) is 0.360. The third-order valence-corrected chi connectivity index (χ3v) is 20.1. The van der Waals surface area contributed by atoms with E-state index in [-0.39, 0.29) is 44.6 Å². The first-order chi connectivity index (χ1) is 37.2. The molecule has 4 heteroatoms. The van der Waals surface area contributed by atoms with Gasteiger partial charge in [-0.05, 0) is 209 Å². The minimum atomic E-state index is -0.209. The number of nitrogens with zero attached hydrogens (tertiary/aromatic N) is 3. The lowest BCUT2D eigenvalue weighted by atomic mass is 9.33. The van der Waals surface area contributed by atoms with E-state index in [1.165, 1.54) is 119 Å². The Hall–Kier alpha value is -6.78. The molecule has 13 rings (SSSR count). The van der Waals surface area contributed by atoms with Crippen LogP contribution in [0.15, 0.2) is 158 Å². The molecule has 8 aromatic rings. The molecule has 0 saturated carbocycles. The molecule has 0 bridgehead atoms. The normalized spacial score (nSPS) is 18.4. The van der Waals surface area contributed by atoms with Gasteiger partial charge in [0.25, 0.3) is 6.71 Å². The Balaban J connectivity index is 1.14. The van der Waals surface area contributed by atoms with Gasteiger partial charge >= 0.3 is 0 Å². The standard InChI is InChI=1S/C75H82BN3/c1-69(2,3)47-27-31-54-55-32-28-51(42-58(55)75(15,16)57(54)39-47)78-64-44-53(77(49-23-19-17-20-24-49)50-25-21-18-22-26-50)30-34-62(64)76-63-45-60-61(74(13,14)38-37-73(60,11)12)46-65(63)79(67-41-48(70(4,5)6)40-66(78)68(67)76)52-29-33-56-59(43-52)72(9,10)36-35-71(56,7)8/h17-34,39-46H,35-38H2,1-16H3. The quantitative estimate of drug-likeness (QED) is 0.159. The Bertz CT molecular complexity index is 3760. The van der Waals surface area contributed by atoms with Gasteiger partial charge in [0.1, 0.15) is 0 Å². The van der Waals surface area contributed by atoms with Crippen molar-refractivity contribution in [3.63, 3.8) is 0 Å². The summed E-state index contributed by atoms with van der Waals surface area (Å²) in [5, 5.41) is 0. The Morgan fingerprint density at radius 2 is 0.823 bits per heavy atom. The van der Waals surface area contributed by atoms with E-state index in [1.54, 1.807) is 0 Å². The molecule has 0 amide bonds. The number of benzene rings is 8. The number of hydrogen-bond donors (Lipinski definition) is 0. The minimum absolute atomic E-state index is 0.0209. The predicted molar refractivity (Wildman–Crippen MR) is 341 cm³/mol. The molecule has 0 unspecified atom stereocenters. The summed E-state index contributed by atoms with van der Waals surface area (Å²) >= 11 is 0. The van der Waals surface area contributed by atoms with Crippen molar-refractivity contribution in [3.05, 3.63) is 202 Å². The number of rotatable bonds is 5. The van der Waals surface area contributed by atoms with Crippen molar-refractivity contribution in [2.45, 2.75) is 174 Å². The van der Waals surface area contributed by atoms with Crippen LogP contribution in [0.1, 0.15) is 181 Å². The first kappa shape index (κ1) is 51.6. The van der Waals surface area contributed by atoms with Crippen LogP contribution < -0.4 is 31.1 Å². The maximum absolute atomic E-state index is 2.73. The average Bonchev–Trinajstić information content (AvgIpc) is 2.99. The van der Waals surface area contributed by atoms with E-state index < -0.39 is 0 Å². The van der Waals surface area contributed by atoms with Crippen molar-refractivity contribution in [2.75, 3.05) is 14.7 Å². The lowest BCUT2D eigenvalue weighted by Crippen LogP contribution is -2.62. The van der Waals surface area contributed by atoms with Crippen molar-refractivity contribution in [1.29, 1.82) is 0 Å². The molecule has 2 aliphatic heterocycles. The van der Waals surface area contributed by atoms with Crippen LogP contribution in [0.3, 0.4) is 0 Å². The van der Waals surface area contributed by atoms with Gasteiger partial charge in [-0.15, -0.1) is 0 Å². The third kappa shape index (κ3) is 7.95. The molecule has 8 aromatic carbocycles. The highest BCUT2D eigenvalue weighted by atomic mass is 15.2. The zero-order valence-corrected chi connectivity index (χ0v) is 50.3. The van der Waals surface area contributed by atoms with Gasteiger partial charge in [-0.3, -0.25) is 0 Å². The summed E-state index contributed by atoms with van der Waals surface area (Å²) in [6.45, 7) is 39.0. The molecule has 0 atom stereocenters. The Kier molecular flexibility index (Phi) is 11.2. The number of fused-ring (bicyclic) bond motifs is 9. The predicted octanol–water partition coefficient (Wildman–Crippen LogP) is 18.8. The molecule has 3 nitrogen and oxygen atoms in total. The van der Waals surface area contributed by atoms with Gasteiger partial charge in [0.15, 0.2) is 0 Å². The smallest absolute Gasteiger partial charge is 0.252 e. The van der Waals surface area contributed by atoms with Crippen molar-refractivity contribution >= 4 is 74.3 Å². The van der Waals surface area contributed by atoms with Crippen LogP contribution in [-0.4, -0.2) is 6.71 Å². The third-order valence-electron chi connectivity index (χ3n) is 20.1. The molecule has 400 valence electrons. The second-order valence-electron chi connectivity index (χ2n) is 29.6. The van der Waals surface area contributed by atoms with E-state index in [0.717, 1.165) is 29.9 Å². The summed E-state index contributed by atoms with van der Waals surface area (Å²) in [6.07, 6.45) is 4.67. The number of hydrogen-bond acceptors (Lipinski definition) is 3. The van der Waals surface area contributed by atoms with Crippen LogP contribution in [0, 0.1) is 0 Å². The second kappa shape index (κ2) is 17.1. The minimum Gasteiger partial charge on any atom is -0.311 e. The SMILES string of the molecule is CC(C)(C)c1cc2c3c(c1)N(c1ccc4c(c1)C(C)(C)CCC4(C)C)c1cc4c(cc1B3c1ccc(N(c3ccccc3)c3ccccc3)cc1N2c1ccc2c(c1)C(C)(C)c1cc(C(C)(C)C)ccc1-2)C(C)(C)CCC4(C)C. The van der Waals surface area contributed by atoms with Gasteiger partial charge in [-0.2, -0.15) is 0 Å². The van der Waals surface area contributed by atoms with Gasteiger partial charge in [0.2, 0.25) is 0 Å². The van der Waals surface area contributed by atoms with Crippen LogP contribution in [-0.2, 0) is 37.9 Å².